The molecule has 2 aromatic carbocycles. The number of carbonyl (C=O) groups excluding carboxylic acids is 2. The van der Waals surface area contributed by atoms with E-state index in [1.165, 1.54) is 39.5 Å². The summed E-state index contributed by atoms with van der Waals surface area (Å²) in [6, 6.07) is 9.66. The number of methoxy groups -OCH3 is 2. The van der Waals surface area contributed by atoms with Gasteiger partial charge in [-0.25, -0.2) is 17.5 Å². The summed E-state index contributed by atoms with van der Waals surface area (Å²) in [6.45, 7) is 3.17. The highest BCUT2D eigenvalue weighted by atomic mass is 32.2. The Morgan fingerprint density at radius 2 is 1.81 bits per heavy atom. The number of H-pyrrole nitrogens is 1. The van der Waals surface area contributed by atoms with Crippen LogP contribution in [0.3, 0.4) is 0 Å². The van der Waals surface area contributed by atoms with Crippen LogP contribution in [0.15, 0.2) is 42.6 Å². The number of sulfonamides is 1. The molecule has 0 aliphatic carbocycles. The van der Waals surface area contributed by atoms with Gasteiger partial charge in [-0.2, -0.15) is 0 Å². The molecule has 0 amide bonds. The maximum atomic E-state index is 13.4. The number of aromatic nitrogens is 1. The molecule has 31 heavy (non-hydrogen) atoms. The molecule has 0 saturated carbocycles. The fourth-order valence-corrected chi connectivity index (χ4v) is 5.07. The quantitative estimate of drug-likeness (QED) is 0.415. The Kier molecular flexibility index (Phi) is 6.35. The van der Waals surface area contributed by atoms with Crippen molar-refractivity contribution in [2.75, 3.05) is 24.3 Å². The van der Waals surface area contributed by atoms with Crippen LogP contribution in [0.25, 0.3) is 10.9 Å². The Balaban J connectivity index is 2.44. The standard InChI is InChI=1S/C22H24N2O6S/c1-5-10-31(27,28)24(18-8-6-7-9-20(18)29-3)19-12-15(22(26)30-4)11-16-17(14(2)25)13-23-21(16)19/h6-9,11-13,23H,5,10H2,1-4H3. The van der Waals surface area contributed by atoms with E-state index in [1.807, 2.05) is 0 Å². The zero-order valence-electron chi connectivity index (χ0n) is 17.8. The number of aromatic amines is 1. The Bertz CT molecular complexity index is 1250. The number of ether oxygens (including phenoxy) is 2. The minimum atomic E-state index is -3.87. The number of esters is 1. The van der Waals surface area contributed by atoms with Crippen molar-refractivity contribution in [2.24, 2.45) is 0 Å². The molecule has 0 atom stereocenters. The highest BCUT2D eigenvalue weighted by Gasteiger charge is 2.30. The predicted octanol–water partition coefficient (Wildman–Crippen LogP) is 4.04. The molecule has 0 unspecified atom stereocenters. The van der Waals surface area contributed by atoms with E-state index in [9.17, 15) is 18.0 Å². The number of hydrogen-bond acceptors (Lipinski definition) is 6. The number of fused-ring (bicyclic) bond motifs is 1. The molecule has 0 saturated heterocycles. The van der Waals surface area contributed by atoms with Crippen LogP contribution in [0.5, 0.6) is 5.75 Å². The Morgan fingerprint density at radius 3 is 2.42 bits per heavy atom. The first kappa shape index (κ1) is 22.4. The SMILES string of the molecule is CCCS(=O)(=O)N(c1ccccc1OC)c1cc(C(=O)OC)cc2c(C(C)=O)c[nH]c12. The summed E-state index contributed by atoms with van der Waals surface area (Å²) in [5.41, 5.74) is 1.36. The lowest BCUT2D eigenvalue weighted by Crippen LogP contribution is -2.29. The number of nitrogens with zero attached hydrogens (tertiary/aromatic N) is 1. The molecule has 164 valence electrons. The first-order valence-corrected chi connectivity index (χ1v) is 11.3. The molecule has 0 aliphatic rings. The van der Waals surface area contributed by atoms with Gasteiger partial charge in [0.1, 0.15) is 5.75 Å². The van der Waals surface area contributed by atoms with Crippen LogP contribution in [0, 0.1) is 0 Å². The van der Waals surface area contributed by atoms with E-state index in [-0.39, 0.29) is 22.8 Å². The number of ketones is 1. The summed E-state index contributed by atoms with van der Waals surface area (Å²) in [7, 11) is -1.18. The van der Waals surface area contributed by atoms with Crippen molar-refractivity contribution in [3.63, 3.8) is 0 Å². The number of carbonyl (C=O) groups is 2. The van der Waals surface area contributed by atoms with Gasteiger partial charge < -0.3 is 14.5 Å². The molecule has 0 spiro atoms. The van der Waals surface area contributed by atoms with Crippen molar-refractivity contribution >= 4 is 44.1 Å². The molecule has 8 nitrogen and oxygen atoms in total. The van der Waals surface area contributed by atoms with Gasteiger partial charge in [-0.3, -0.25) is 4.79 Å². The molecule has 0 fully saturated rings. The minimum Gasteiger partial charge on any atom is -0.495 e. The second-order valence-electron chi connectivity index (χ2n) is 6.92. The first-order valence-electron chi connectivity index (χ1n) is 9.65. The average molecular weight is 445 g/mol. The number of nitrogens with one attached hydrogen (secondary N) is 1. The highest BCUT2D eigenvalue weighted by Crippen LogP contribution is 2.41. The predicted molar refractivity (Wildman–Crippen MR) is 119 cm³/mol. The molecule has 0 aliphatic heterocycles. The largest absolute Gasteiger partial charge is 0.495 e. The first-order chi connectivity index (χ1) is 14.7. The van der Waals surface area contributed by atoms with Crippen LogP contribution in [0.2, 0.25) is 0 Å². The van der Waals surface area contributed by atoms with E-state index < -0.39 is 16.0 Å². The van der Waals surface area contributed by atoms with Crippen molar-refractivity contribution < 1.29 is 27.5 Å². The second-order valence-corrected chi connectivity index (χ2v) is 8.86. The zero-order valence-corrected chi connectivity index (χ0v) is 18.6. The molecule has 0 bridgehead atoms. The number of anilines is 2. The average Bonchev–Trinajstić information content (AvgIpc) is 3.18. The second kappa shape index (κ2) is 8.81. The summed E-state index contributed by atoms with van der Waals surface area (Å²) in [5.74, 6) is -0.654. The summed E-state index contributed by atoms with van der Waals surface area (Å²) in [4.78, 5) is 27.5. The van der Waals surface area contributed by atoms with E-state index in [0.29, 0.717) is 34.3 Å². The van der Waals surface area contributed by atoms with Crippen molar-refractivity contribution in [3.05, 3.63) is 53.7 Å². The molecule has 0 radical (unpaired) electrons. The molecular weight excluding hydrogens is 420 g/mol. The van der Waals surface area contributed by atoms with Gasteiger partial charge in [0.05, 0.1) is 42.4 Å². The number of hydrogen-bond donors (Lipinski definition) is 1. The van der Waals surface area contributed by atoms with Crippen LogP contribution in [-0.4, -0.2) is 45.1 Å². The molecule has 1 aromatic heterocycles. The highest BCUT2D eigenvalue weighted by molar-refractivity contribution is 7.93. The third kappa shape index (κ3) is 4.13. The van der Waals surface area contributed by atoms with Crippen LogP contribution < -0.4 is 9.04 Å². The molecule has 3 rings (SSSR count). The third-order valence-corrected chi connectivity index (χ3v) is 6.71. The lowest BCUT2D eigenvalue weighted by atomic mass is 10.1. The Hall–Kier alpha value is -3.33. The van der Waals surface area contributed by atoms with Gasteiger partial charge in [0.2, 0.25) is 10.0 Å². The lowest BCUT2D eigenvalue weighted by Gasteiger charge is -2.27. The lowest BCUT2D eigenvalue weighted by molar-refractivity contribution is 0.0600. The van der Waals surface area contributed by atoms with Gasteiger partial charge in [-0.1, -0.05) is 19.1 Å². The molecule has 1 heterocycles. The van der Waals surface area contributed by atoms with Gasteiger partial charge >= 0.3 is 5.97 Å². The van der Waals surface area contributed by atoms with Crippen molar-refractivity contribution in [1.29, 1.82) is 0 Å². The van der Waals surface area contributed by atoms with Gasteiger partial charge in [0.15, 0.2) is 5.78 Å². The number of benzene rings is 2. The smallest absolute Gasteiger partial charge is 0.337 e. The molecule has 3 aromatic rings. The van der Waals surface area contributed by atoms with Gasteiger partial charge in [0, 0.05) is 17.1 Å². The van der Waals surface area contributed by atoms with Gasteiger partial charge in [0.25, 0.3) is 0 Å². The Labute approximate surface area is 180 Å². The van der Waals surface area contributed by atoms with Crippen LogP contribution in [0.4, 0.5) is 11.4 Å². The van der Waals surface area contributed by atoms with E-state index in [2.05, 4.69) is 4.98 Å². The number of para-hydroxylation sites is 2. The third-order valence-electron chi connectivity index (χ3n) is 4.83. The maximum absolute atomic E-state index is 13.4. The molecule has 9 heteroatoms. The molecular formula is C22H24N2O6S. The van der Waals surface area contributed by atoms with E-state index in [1.54, 1.807) is 31.2 Å². The monoisotopic (exact) mass is 444 g/mol. The Morgan fingerprint density at radius 1 is 1.10 bits per heavy atom. The van der Waals surface area contributed by atoms with Gasteiger partial charge in [-0.05, 0) is 37.6 Å². The molecule has 1 N–H and O–H groups in total. The summed E-state index contributed by atoms with van der Waals surface area (Å²) >= 11 is 0. The topological polar surface area (TPSA) is 106 Å². The zero-order chi connectivity index (χ0) is 22.8. The van der Waals surface area contributed by atoms with E-state index in [4.69, 9.17) is 9.47 Å². The summed E-state index contributed by atoms with van der Waals surface area (Å²) < 4.78 is 38.2. The van der Waals surface area contributed by atoms with Crippen LogP contribution >= 0.6 is 0 Å². The fraction of sp³-hybridized carbons (Fsp3) is 0.273. The minimum absolute atomic E-state index is 0.124. The summed E-state index contributed by atoms with van der Waals surface area (Å²) in [6.07, 6.45) is 1.89. The maximum Gasteiger partial charge on any atom is 0.337 e. The van der Waals surface area contributed by atoms with Crippen molar-refractivity contribution in [1.82, 2.24) is 4.98 Å². The van der Waals surface area contributed by atoms with Crippen molar-refractivity contribution in [2.45, 2.75) is 20.3 Å². The number of Topliss-reactive ketones (excluding diaryl/α,β-unsaturated/α-hetero) is 1. The summed E-state index contributed by atoms with van der Waals surface area (Å²) in [5, 5.41) is 0.428. The van der Waals surface area contributed by atoms with E-state index in [0.717, 1.165) is 4.31 Å². The normalized spacial score (nSPS) is 11.4. The van der Waals surface area contributed by atoms with E-state index >= 15 is 0 Å². The number of rotatable bonds is 8. The van der Waals surface area contributed by atoms with Crippen LogP contribution in [-0.2, 0) is 14.8 Å². The van der Waals surface area contributed by atoms with Gasteiger partial charge in [-0.15, -0.1) is 0 Å². The fourth-order valence-electron chi connectivity index (χ4n) is 3.48. The van der Waals surface area contributed by atoms with Crippen LogP contribution in [0.1, 0.15) is 41.0 Å². The van der Waals surface area contributed by atoms with Crippen molar-refractivity contribution in [3.8, 4) is 5.75 Å².